The molecule has 238 valence electrons. The fourth-order valence-corrected chi connectivity index (χ4v) is 7.73. The molecule has 11 nitrogen and oxygen atoms in total. The molecule has 6 rings (SSSR count). The van der Waals surface area contributed by atoms with Gasteiger partial charge < -0.3 is 19.6 Å². The van der Waals surface area contributed by atoms with Crippen LogP contribution in [0.4, 0.5) is 5.95 Å². The van der Waals surface area contributed by atoms with Crippen molar-refractivity contribution in [3.05, 3.63) is 65.2 Å². The van der Waals surface area contributed by atoms with E-state index < -0.39 is 16.1 Å². The zero-order chi connectivity index (χ0) is 32.0. The smallest absolute Gasteiger partial charge is 0.264 e. The number of hydrogen-bond donors (Lipinski definition) is 2. The third-order valence-electron chi connectivity index (χ3n) is 8.91. The molecule has 2 aromatic carbocycles. The Kier molecular flexibility index (Phi) is 8.30. The first-order valence-corrected chi connectivity index (χ1v) is 16.9. The predicted octanol–water partition coefficient (Wildman–Crippen LogP) is 3.93. The molecule has 2 atom stereocenters. The third kappa shape index (κ3) is 6.26. The summed E-state index contributed by atoms with van der Waals surface area (Å²) in [6.45, 7) is 8.52. The van der Waals surface area contributed by atoms with E-state index in [1.54, 1.807) is 23.1 Å². The van der Waals surface area contributed by atoms with Crippen molar-refractivity contribution in [3.63, 3.8) is 0 Å². The third-order valence-corrected chi connectivity index (χ3v) is 10.2. The second kappa shape index (κ2) is 12.1. The van der Waals surface area contributed by atoms with E-state index in [0.717, 1.165) is 16.7 Å². The van der Waals surface area contributed by atoms with Gasteiger partial charge in [0.05, 0.1) is 29.2 Å². The number of rotatable bonds is 5. The average Bonchev–Trinajstić information content (AvgIpc) is 3.28. The Morgan fingerprint density at radius 3 is 2.40 bits per heavy atom. The number of hydrogen-bond acceptors (Lipinski definition) is 8. The molecule has 2 N–H and O–H groups in total. The summed E-state index contributed by atoms with van der Waals surface area (Å²) in [4.78, 5) is 39.3. The number of carbonyl (C=O) groups excluding carboxylic acids is 2. The van der Waals surface area contributed by atoms with Crippen molar-refractivity contribution in [2.45, 2.75) is 82.5 Å². The molecular weight excluding hydrogens is 594 g/mol. The molecule has 4 bridgehead atoms. The normalized spacial score (nSPS) is 24.7. The lowest BCUT2D eigenvalue weighted by Crippen LogP contribution is -2.59. The number of anilines is 1. The summed E-state index contributed by atoms with van der Waals surface area (Å²) in [5.74, 6) is -0.0941. The molecule has 1 aliphatic carbocycles. The van der Waals surface area contributed by atoms with E-state index in [4.69, 9.17) is 4.74 Å². The van der Waals surface area contributed by atoms with E-state index in [1.165, 1.54) is 12.1 Å². The first kappa shape index (κ1) is 31.0. The molecule has 2 aliphatic heterocycles. The molecule has 0 spiro atoms. The van der Waals surface area contributed by atoms with E-state index >= 15 is 0 Å². The Balaban J connectivity index is 1.42. The van der Waals surface area contributed by atoms with Crippen molar-refractivity contribution in [1.82, 2.24) is 19.8 Å². The number of ether oxygens (including phenoxy) is 1. The molecule has 0 radical (unpaired) electrons. The van der Waals surface area contributed by atoms with Crippen LogP contribution in [-0.2, 0) is 14.8 Å². The molecule has 3 aromatic rings. The Morgan fingerprint density at radius 2 is 1.73 bits per heavy atom. The van der Waals surface area contributed by atoms with Crippen LogP contribution in [0.3, 0.4) is 0 Å². The number of aliphatic hydroxyl groups is 1. The highest BCUT2D eigenvalue weighted by Gasteiger charge is 2.46. The van der Waals surface area contributed by atoms with Crippen LogP contribution in [0.1, 0.15) is 61.0 Å². The number of carbonyl (C=O) groups is 2. The van der Waals surface area contributed by atoms with Crippen LogP contribution >= 0.6 is 0 Å². The SMILES string of the molecule is Cc1cccc(C)c1-c1cc2nc(n1)NS(=O)(=O)c1cccc(c1)C(=O)N(C1CC(N3C[C@@H](O)CC3=O)C1)[C@H](CC(C)C)CO2. The molecule has 3 aliphatic rings. The van der Waals surface area contributed by atoms with Gasteiger partial charge in [-0.3, -0.25) is 9.59 Å². The Morgan fingerprint density at radius 1 is 1.02 bits per heavy atom. The maximum Gasteiger partial charge on any atom is 0.264 e. The van der Waals surface area contributed by atoms with Crippen molar-refractivity contribution in [3.8, 4) is 17.1 Å². The quantitative estimate of drug-likeness (QED) is 0.431. The molecule has 3 heterocycles. The Labute approximate surface area is 263 Å². The first-order valence-electron chi connectivity index (χ1n) is 15.4. The summed E-state index contributed by atoms with van der Waals surface area (Å²) >= 11 is 0. The van der Waals surface area contributed by atoms with Crippen molar-refractivity contribution < 1.29 is 27.9 Å². The molecule has 1 saturated heterocycles. The van der Waals surface area contributed by atoms with Gasteiger partial charge in [0.1, 0.15) is 6.61 Å². The van der Waals surface area contributed by atoms with Crippen LogP contribution in [0.2, 0.25) is 0 Å². The largest absolute Gasteiger partial charge is 0.475 e. The minimum Gasteiger partial charge on any atom is -0.475 e. The number of sulfonamides is 1. The number of benzene rings is 2. The number of nitrogens with one attached hydrogen (secondary N) is 1. The summed E-state index contributed by atoms with van der Waals surface area (Å²) in [6, 6.07) is 12.9. The number of likely N-dealkylation sites (tertiary alicyclic amines) is 1. The van der Waals surface area contributed by atoms with Crippen LogP contribution < -0.4 is 9.46 Å². The van der Waals surface area contributed by atoms with Gasteiger partial charge in [-0.05, 0) is 68.4 Å². The molecule has 12 heteroatoms. The van der Waals surface area contributed by atoms with Crippen LogP contribution in [0.15, 0.2) is 53.4 Å². The van der Waals surface area contributed by atoms with Gasteiger partial charge in [0.15, 0.2) is 0 Å². The zero-order valence-electron chi connectivity index (χ0n) is 25.9. The van der Waals surface area contributed by atoms with Gasteiger partial charge >= 0.3 is 0 Å². The zero-order valence-corrected chi connectivity index (χ0v) is 26.8. The first-order chi connectivity index (χ1) is 21.4. The van der Waals surface area contributed by atoms with E-state index in [-0.39, 0.29) is 71.2 Å². The molecular formula is C33H39N5O6S. The summed E-state index contributed by atoms with van der Waals surface area (Å²) in [7, 11) is -4.16. The number of aryl methyl sites for hydroxylation is 2. The maximum absolute atomic E-state index is 14.3. The predicted molar refractivity (Wildman–Crippen MR) is 168 cm³/mol. The van der Waals surface area contributed by atoms with Gasteiger partial charge in [0, 0.05) is 35.8 Å². The van der Waals surface area contributed by atoms with E-state index in [2.05, 4.69) is 28.5 Å². The van der Waals surface area contributed by atoms with Gasteiger partial charge in [0.2, 0.25) is 17.7 Å². The maximum atomic E-state index is 14.3. The molecule has 1 aromatic heterocycles. The van der Waals surface area contributed by atoms with E-state index in [9.17, 15) is 23.1 Å². The van der Waals surface area contributed by atoms with Gasteiger partial charge in [-0.15, -0.1) is 0 Å². The standard InChI is InChI=1S/C33H39N5O6S/c1-19(2)11-25-18-44-29-16-28(31-20(3)7-5-8-21(31)4)34-33(35-29)36-45(42,43)27-10-6-9-22(12-27)32(41)38(25)24-13-23(14-24)37-17-26(39)15-30(37)40/h5-10,12,16,19,23-26,39H,11,13-15,17-18H2,1-4H3,(H,34,35,36)/t23?,24?,25-,26+/m1/s1. The fraction of sp³-hybridized carbons (Fsp3) is 0.455. The van der Waals surface area contributed by atoms with Crippen molar-refractivity contribution in [2.75, 3.05) is 17.9 Å². The highest BCUT2D eigenvalue weighted by molar-refractivity contribution is 7.92. The monoisotopic (exact) mass is 633 g/mol. The number of aliphatic hydroxyl groups excluding tert-OH is 1. The highest BCUT2D eigenvalue weighted by Crippen LogP contribution is 2.37. The minimum absolute atomic E-state index is 0.0714. The fourth-order valence-electron chi connectivity index (χ4n) is 6.74. The number of β-amino-alcohol motifs (C(OH)–C–C–N with tert-alkyl or cyclic N) is 1. The average molecular weight is 634 g/mol. The summed E-state index contributed by atoms with van der Waals surface area (Å²) < 4.78 is 36.0. The van der Waals surface area contributed by atoms with Crippen molar-refractivity contribution >= 4 is 27.8 Å². The molecule has 45 heavy (non-hydrogen) atoms. The Hall–Kier alpha value is -4.03. The topological polar surface area (TPSA) is 142 Å². The van der Waals surface area contributed by atoms with E-state index in [0.29, 0.717) is 31.5 Å². The van der Waals surface area contributed by atoms with Gasteiger partial charge in [-0.25, -0.2) is 18.1 Å². The molecule has 2 fully saturated rings. The molecule has 0 unspecified atom stereocenters. The minimum atomic E-state index is -4.16. The number of fused-ring (bicyclic) bond motifs is 4. The number of amides is 2. The van der Waals surface area contributed by atoms with Gasteiger partial charge in [-0.2, -0.15) is 4.98 Å². The van der Waals surface area contributed by atoms with Gasteiger partial charge in [0.25, 0.3) is 15.9 Å². The van der Waals surface area contributed by atoms with Gasteiger partial charge in [-0.1, -0.05) is 38.1 Å². The lowest BCUT2D eigenvalue weighted by molar-refractivity contribution is -0.132. The summed E-state index contributed by atoms with van der Waals surface area (Å²) in [6.07, 6.45) is 1.20. The van der Waals surface area contributed by atoms with Crippen molar-refractivity contribution in [2.24, 2.45) is 5.92 Å². The lowest BCUT2D eigenvalue weighted by Gasteiger charge is -2.49. The Bertz CT molecular complexity index is 1720. The number of aromatic nitrogens is 2. The van der Waals surface area contributed by atoms with Crippen LogP contribution in [-0.4, -0.2) is 82.5 Å². The second-order valence-electron chi connectivity index (χ2n) is 12.8. The van der Waals surface area contributed by atoms with Crippen molar-refractivity contribution in [1.29, 1.82) is 0 Å². The molecule has 1 saturated carbocycles. The van der Waals surface area contributed by atoms with Crippen LogP contribution in [0.5, 0.6) is 5.88 Å². The molecule has 2 amide bonds. The number of nitrogens with zero attached hydrogens (tertiary/aromatic N) is 4. The highest BCUT2D eigenvalue weighted by atomic mass is 32.2. The summed E-state index contributed by atoms with van der Waals surface area (Å²) in [5, 5.41) is 10.0. The van der Waals surface area contributed by atoms with E-state index in [1.807, 2.05) is 36.9 Å². The second-order valence-corrected chi connectivity index (χ2v) is 14.5. The van der Waals surface area contributed by atoms with Crippen LogP contribution in [0, 0.1) is 19.8 Å². The van der Waals surface area contributed by atoms with Crippen LogP contribution in [0.25, 0.3) is 11.3 Å². The summed E-state index contributed by atoms with van der Waals surface area (Å²) in [5.41, 5.74) is 3.55. The lowest BCUT2D eigenvalue weighted by atomic mass is 9.82.